The molecule has 2 rings (SSSR count). The first-order chi connectivity index (χ1) is 10.8. The second-order valence-electron chi connectivity index (χ2n) is 5.08. The lowest BCUT2D eigenvalue weighted by atomic mass is 10.3. The lowest BCUT2D eigenvalue weighted by Gasteiger charge is -2.10. The highest BCUT2D eigenvalue weighted by atomic mass is 32.2. The second kappa shape index (κ2) is 7.12. The molecule has 0 aliphatic carbocycles. The summed E-state index contributed by atoms with van der Waals surface area (Å²) in [5.74, 6) is 0. The van der Waals surface area contributed by atoms with Crippen molar-refractivity contribution >= 4 is 27.5 Å². The summed E-state index contributed by atoms with van der Waals surface area (Å²) in [5.41, 5.74) is -0.231. The largest absolute Gasteiger partial charge is 0.284 e. The predicted molar refractivity (Wildman–Crippen MR) is 89.1 cm³/mol. The fourth-order valence-electron chi connectivity index (χ4n) is 1.89. The summed E-state index contributed by atoms with van der Waals surface area (Å²) in [7, 11) is -3.77. The molecular weight excluding hydrogens is 336 g/mol. The van der Waals surface area contributed by atoms with Crippen LogP contribution in [0.25, 0.3) is 0 Å². The van der Waals surface area contributed by atoms with E-state index in [-0.39, 0.29) is 16.6 Å². The summed E-state index contributed by atoms with van der Waals surface area (Å²) in [6.45, 7) is 3.37. The molecule has 0 atom stereocenters. The predicted octanol–water partition coefficient (Wildman–Crippen LogP) is 3.43. The van der Waals surface area contributed by atoms with Gasteiger partial charge in [0, 0.05) is 17.0 Å². The molecule has 8 heteroatoms. The molecule has 6 nitrogen and oxygen atoms in total. The quantitative estimate of drug-likeness (QED) is 0.635. The van der Waals surface area contributed by atoms with Gasteiger partial charge in [-0.1, -0.05) is 30.0 Å². The molecule has 0 heterocycles. The molecule has 0 aromatic heterocycles. The third kappa shape index (κ3) is 4.54. The topological polar surface area (TPSA) is 89.3 Å². The van der Waals surface area contributed by atoms with Crippen molar-refractivity contribution in [3.63, 3.8) is 0 Å². The van der Waals surface area contributed by atoms with E-state index in [0.29, 0.717) is 4.90 Å². The molecule has 0 unspecified atom stereocenters. The van der Waals surface area contributed by atoms with Crippen LogP contribution < -0.4 is 4.72 Å². The van der Waals surface area contributed by atoms with Gasteiger partial charge in [-0.3, -0.25) is 10.1 Å². The Morgan fingerprint density at radius 1 is 1.13 bits per heavy atom. The zero-order chi connectivity index (χ0) is 17.0. The summed E-state index contributed by atoms with van der Waals surface area (Å²) in [6.07, 6.45) is 0. The van der Waals surface area contributed by atoms with Crippen LogP contribution in [0, 0.1) is 10.1 Å². The van der Waals surface area contributed by atoms with Crippen LogP contribution in [-0.2, 0) is 10.0 Å². The van der Waals surface area contributed by atoms with Gasteiger partial charge in [0.1, 0.15) is 0 Å². The summed E-state index contributed by atoms with van der Waals surface area (Å²) < 4.78 is 26.7. The van der Waals surface area contributed by atoms with Gasteiger partial charge in [0.05, 0.1) is 14.7 Å². The van der Waals surface area contributed by atoms with Crippen molar-refractivity contribution in [2.45, 2.75) is 34.6 Å². The highest BCUT2D eigenvalue weighted by Crippen LogP contribution is 2.36. The molecule has 2 aromatic carbocycles. The van der Waals surface area contributed by atoms with Gasteiger partial charge in [0.15, 0.2) is 0 Å². The van der Waals surface area contributed by atoms with Crippen LogP contribution in [-0.4, -0.2) is 19.4 Å². The van der Waals surface area contributed by atoms with Crippen molar-refractivity contribution in [2.75, 3.05) is 0 Å². The maximum atomic E-state index is 12.1. The van der Waals surface area contributed by atoms with E-state index in [1.807, 2.05) is 30.3 Å². The highest BCUT2D eigenvalue weighted by Gasteiger charge is 2.22. The number of nitro benzene ring substituents is 1. The minimum Gasteiger partial charge on any atom is -0.258 e. The molecule has 1 N–H and O–H groups in total. The van der Waals surface area contributed by atoms with Crippen LogP contribution >= 0.6 is 11.8 Å². The van der Waals surface area contributed by atoms with Crippen molar-refractivity contribution in [3.8, 4) is 0 Å². The molecule has 0 radical (unpaired) electrons. The Bertz CT molecular complexity index is 805. The number of benzene rings is 2. The Hall–Kier alpha value is -1.90. The monoisotopic (exact) mass is 352 g/mol. The minimum atomic E-state index is -3.77. The molecule has 2 aromatic rings. The SMILES string of the molecule is CC(C)NS(=O)(=O)c1ccc(Sc2ccccc2)c([N+](=O)[O-])c1. The second-order valence-corrected chi connectivity index (χ2v) is 7.91. The third-order valence-corrected chi connectivity index (χ3v) is 5.53. The van der Waals surface area contributed by atoms with Gasteiger partial charge in [0.2, 0.25) is 10.0 Å². The fourth-order valence-corrected chi connectivity index (χ4v) is 4.08. The lowest BCUT2D eigenvalue weighted by molar-refractivity contribution is -0.388. The smallest absolute Gasteiger partial charge is 0.258 e. The summed E-state index contributed by atoms with van der Waals surface area (Å²) >= 11 is 1.22. The Morgan fingerprint density at radius 2 is 1.78 bits per heavy atom. The van der Waals surface area contributed by atoms with Crippen LogP contribution in [0.5, 0.6) is 0 Å². The maximum absolute atomic E-state index is 12.1. The molecule has 0 amide bonds. The van der Waals surface area contributed by atoms with Gasteiger partial charge in [-0.15, -0.1) is 0 Å². The summed E-state index contributed by atoms with van der Waals surface area (Å²) in [5, 5.41) is 11.3. The number of rotatable bonds is 6. The van der Waals surface area contributed by atoms with E-state index in [1.165, 1.54) is 23.9 Å². The average Bonchev–Trinajstić information content (AvgIpc) is 2.47. The lowest BCUT2D eigenvalue weighted by Crippen LogP contribution is -2.30. The van der Waals surface area contributed by atoms with Crippen molar-refractivity contribution in [1.82, 2.24) is 4.72 Å². The van der Waals surface area contributed by atoms with Gasteiger partial charge in [-0.25, -0.2) is 13.1 Å². The number of hydrogen-bond donors (Lipinski definition) is 1. The van der Waals surface area contributed by atoms with Crippen LogP contribution in [0.4, 0.5) is 5.69 Å². The van der Waals surface area contributed by atoms with Crippen molar-refractivity contribution < 1.29 is 13.3 Å². The Kier molecular flexibility index (Phi) is 5.40. The number of nitro groups is 1. The zero-order valence-corrected chi connectivity index (χ0v) is 14.2. The summed E-state index contributed by atoms with van der Waals surface area (Å²) in [6, 6.07) is 12.8. The Morgan fingerprint density at radius 3 is 2.35 bits per heavy atom. The third-order valence-electron chi connectivity index (χ3n) is 2.80. The van der Waals surface area contributed by atoms with E-state index in [2.05, 4.69) is 4.72 Å². The van der Waals surface area contributed by atoms with E-state index in [1.54, 1.807) is 13.8 Å². The first-order valence-corrected chi connectivity index (χ1v) is 9.13. The van der Waals surface area contributed by atoms with Crippen LogP contribution in [0.1, 0.15) is 13.8 Å². The molecule has 0 saturated carbocycles. The molecule has 0 fully saturated rings. The molecular formula is C15H16N2O4S2. The van der Waals surface area contributed by atoms with E-state index in [4.69, 9.17) is 0 Å². The maximum Gasteiger partial charge on any atom is 0.284 e. The van der Waals surface area contributed by atoms with E-state index in [0.717, 1.165) is 11.0 Å². The summed E-state index contributed by atoms with van der Waals surface area (Å²) in [4.78, 5) is 11.8. The van der Waals surface area contributed by atoms with Gasteiger partial charge >= 0.3 is 0 Å². The van der Waals surface area contributed by atoms with Crippen LogP contribution in [0.2, 0.25) is 0 Å². The molecule has 0 saturated heterocycles. The Balaban J connectivity index is 2.41. The van der Waals surface area contributed by atoms with Gasteiger partial charge in [-0.05, 0) is 38.1 Å². The van der Waals surface area contributed by atoms with Crippen molar-refractivity contribution in [1.29, 1.82) is 0 Å². The van der Waals surface area contributed by atoms with Crippen LogP contribution in [0.3, 0.4) is 0 Å². The van der Waals surface area contributed by atoms with Crippen LogP contribution in [0.15, 0.2) is 63.2 Å². The average molecular weight is 352 g/mol. The minimum absolute atomic E-state index is 0.115. The highest BCUT2D eigenvalue weighted by molar-refractivity contribution is 7.99. The fraction of sp³-hybridized carbons (Fsp3) is 0.200. The molecule has 122 valence electrons. The van der Waals surface area contributed by atoms with E-state index >= 15 is 0 Å². The molecule has 0 aliphatic heterocycles. The van der Waals surface area contributed by atoms with Gasteiger partial charge in [0.25, 0.3) is 5.69 Å². The molecule has 23 heavy (non-hydrogen) atoms. The van der Waals surface area contributed by atoms with Crippen molar-refractivity contribution in [3.05, 3.63) is 58.6 Å². The molecule has 0 aliphatic rings. The Labute approximate surface area is 139 Å². The normalized spacial score (nSPS) is 11.6. The first kappa shape index (κ1) is 17.5. The number of nitrogens with one attached hydrogen (secondary N) is 1. The van der Waals surface area contributed by atoms with Gasteiger partial charge in [-0.2, -0.15) is 0 Å². The number of sulfonamides is 1. The standard InChI is InChI=1S/C15H16N2O4S2/c1-11(2)16-23(20,21)13-8-9-15(14(10-13)17(18)19)22-12-6-4-3-5-7-12/h3-11,16H,1-2H3. The molecule has 0 bridgehead atoms. The van der Waals surface area contributed by atoms with E-state index in [9.17, 15) is 18.5 Å². The zero-order valence-electron chi connectivity index (χ0n) is 12.6. The van der Waals surface area contributed by atoms with E-state index < -0.39 is 14.9 Å². The molecule has 0 spiro atoms. The van der Waals surface area contributed by atoms with Crippen molar-refractivity contribution in [2.24, 2.45) is 0 Å². The first-order valence-electron chi connectivity index (χ1n) is 6.83. The number of hydrogen-bond acceptors (Lipinski definition) is 5. The van der Waals surface area contributed by atoms with Gasteiger partial charge < -0.3 is 0 Å². The number of nitrogens with zero attached hydrogens (tertiary/aromatic N) is 1.